The molecule has 2 aromatic heterocycles. The van der Waals surface area contributed by atoms with Crippen LogP contribution in [0, 0.1) is 6.92 Å². The van der Waals surface area contributed by atoms with Gasteiger partial charge in [0.05, 0.1) is 17.0 Å². The number of nitrogens with zero attached hydrogens (tertiary/aromatic N) is 3. The van der Waals surface area contributed by atoms with Crippen LogP contribution < -0.4 is 16.4 Å². The molecular formula is C23H22N6O. The number of aliphatic imine (C=N–C) groups is 1. The zero-order valence-corrected chi connectivity index (χ0v) is 16.6. The van der Waals surface area contributed by atoms with Crippen molar-refractivity contribution in [3.05, 3.63) is 94.6 Å². The Hall–Kier alpha value is -3.87. The Morgan fingerprint density at radius 2 is 2.10 bits per heavy atom. The first-order valence-electron chi connectivity index (χ1n) is 9.91. The molecule has 4 N–H and O–H groups in total. The minimum atomic E-state index is -0.494. The van der Waals surface area contributed by atoms with Crippen LogP contribution in [0.4, 0.5) is 0 Å². The fourth-order valence-electron chi connectivity index (χ4n) is 4.04. The van der Waals surface area contributed by atoms with Gasteiger partial charge in [0.15, 0.2) is 6.17 Å². The van der Waals surface area contributed by atoms with Crippen molar-refractivity contribution in [3.63, 3.8) is 0 Å². The van der Waals surface area contributed by atoms with Crippen molar-refractivity contribution in [2.24, 2.45) is 10.7 Å². The topological polar surface area (TPSA) is 96.8 Å². The number of primary amides is 1. The van der Waals surface area contributed by atoms with Gasteiger partial charge in [0.25, 0.3) is 5.91 Å². The third-order valence-corrected chi connectivity index (χ3v) is 5.47. The first kappa shape index (κ1) is 18.2. The number of fused-ring (bicyclic) bond motifs is 1. The Kier molecular flexibility index (Phi) is 4.35. The number of benzene rings is 1. The highest BCUT2D eigenvalue weighted by Gasteiger charge is 2.28. The molecule has 7 heteroatoms. The van der Waals surface area contributed by atoms with Crippen LogP contribution in [0.3, 0.4) is 0 Å². The number of allylic oxidation sites excluding steroid dienone is 2. The van der Waals surface area contributed by atoms with Crippen LogP contribution in [0.2, 0.25) is 0 Å². The Labute approximate surface area is 174 Å². The van der Waals surface area contributed by atoms with E-state index in [0.29, 0.717) is 17.8 Å². The summed E-state index contributed by atoms with van der Waals surface area (Å²) < 4.78 is 1.90. The molecule has 3 heterocycles. The fourth-order valence-corrected chi connectivity index (χ4v) is 4.04. The molecule has 0 saturated heterocycles. The average Bonchev–Trinajstić information content (AvgIpc) is 3.35. The Bertz CT molecular complexity index is 1240. The summed E-state index contributed by atoms with van der Waals surface area (Å²) in [4.78, 5) is 21.4. The maximum absolute atomic E-state index is 11.8. The molecule has 0 fully saturated rings. The molecule has 1 aromatic carbocycles. The quantitative estimate of drug-likeness (QED) is 0.630. The minimum Gasteiger partial charge on any atom is -0.366 e. The van der Waals surface area contributed by atoms with Crippen LogP contribution in [0.25, 0.3) is 5.65 Å². The van der Waals surface area contributed by atoms with E-state index in [4.69, 9.17) is 10.7 Å². The number of nitrogens with two attached hydrogens (primary N) is 1. The van der Waals surface area contributed by atoms with Crippen molar-refractivity contribution in [1.29, 1.82) is 0 Å². The highest BCUT2D eigenvalue weighted by molar-refractivity contribution is 6.01. The molecule has 0 saturated carbocycles. The molecule has 0 spiro atoms. The molecular weight excluding hydrogens is 376 g/mol. The number of carbonyl (C=O) groups is 1. The molecule has 30 heavy (non-hydrogen) atoms. The monoisotopic (exact) mass is 398 g/mol. The Morgan fingerprint density at radius 1 is 1.27 bits per heavy atom. The van der Waals surface area contributed by atoms with E-state index in [0.717, 1.165) is 34.9 Å². The summed E-state index contributed by atoms with van der Waals surface area (Å²) >= 11 is 0. The summed E-state index contributed by atoms with van der Waals surface area (Å²) in [6, 6.07) is 13.8. The van der Waals surface area contributed by atoms with E-state index in [1.165, 1.54) is 5.56 Å². The summed E-state index contributed by atoms with van der Waals surface area (Å²) in [5.41, 5.74) is 11.6. The summed E-state index contributed by atoms with van der Waals surface area (Å²) in [7, 11) is 0. The van der Waals surface area contributed by atoms with Gasteiger partial charge in [0.2, 0.25) is 0 Å². The van der Waals surface area contributed by atoms with E-state index in [2.05, 4.69) is 39.9 Å². The SMILES string of the molecule is Cc1nc2c(C(N)=O)cccn2c1C1N=C(NCc2ccccc2)C2=C(C=CC2)N1. The number of hydrogen-bond acceptors (Lipinski definition) is 5. The van der Waals surface area contributed by atoms with Gasteiger partial charge in [0.1, 0.15) is 11.5 Å². The molecule has 5 rings (SSSR count). The number of nitrogens with one attached hydrogen (secondary N) is 2. The highest BCUT2D eigenvalue weighted by atomic mass is 16.1. The lowest BCUT2D eigenvalue weighted by Gasteiger charge is -2.26. The minimum absolute atomic E-state index is 0.331. The number of carbonyl (C=O) groups excluding carboxylic acids is 1. The van der Waals surface area contributed by atoms with Crippen LogP contribution in [0.5, 0.6) is 0 Å². The molecule has 0 bridgehead atoms. The van der Waals surface area contributed by atoms with Crippen LogP contribution >= 0.6 is 0 Å². The summed E-state index contributed by atoms with van der Waals surface area (Å²) in [5, 5.41) is 7.02. The van der Waals surface area contributed by atoms with E-state index in [1.54, 1.807) is 12.1 Å². The Morgan fingerprint density at radius 3 is 2.90 bits per heavy atom. The molecule has 1 atom stereocenters. The molecule has 150 valence electrons. The van der Waals surface area contributed by atoms with E-state index in [-0.39, 0.29) is 6.17 Å². The second kappa shape index (κ2) is 7.18. The van der Waals surface area contributed by atoms with Crippen LogP contribution in [0.1, 0.15) is 39.9 Å². The van der Waals surface area contributed by atoms with Gasteiger partial charge < -0.3 is 16.4 Å². The molecule has 1 aliphatic heterocycles. The summed E-state index contributed by atoms with van der Waals surface area (Å²) in [6.45, 7) is 2.62. The van der Waals surface area contributed by atoms with E-state index >= 15 is 0 Å². The fraction of sp³-hybridized carbons (Fsp3) is 0.174. The number of pyridine rings is 1. The lowest BCUT2D eigenvalue weighted by molar-refractivity contribution is 0.100. The van der Waals surface area contributed by atoms with Gasteiger partial charge in [0, 0.05) is 24.0 Å². The van der Waals surface area contributed by atoms with Crippen molar-refractivity contribution in [1.82, 2.24) is 20.0 Å². The second-order valence-electron chi connectivity index (χ2n) is 7.42. The van der Waals surface area contributed by atoms with Crippen LogP contribution in [-0.2, 0) is 6.54 Å². The standard InChI is InChI=1S/C23H22N6O/c1-14-19(29-12-6-10-17(20(24)30)23(29)26-14)22-27-18-11-5-9-16(18)21(28-22)25-13-15-7-3-2-4-8-15/h2-8,10-12,22,27H,9,13H2,1H3,(H2,24,30)(H,25,28). The average molecular weight is 398 g/mol. The third-order valence-electron chi connectivity index (χ3n) is 5.47. The zero-order valence-electron chi connectivity index (χ0n) is 16.6. The maximum atomic E-state index is 11.8. The van der Waals surface area contributed by atoms with Gasteiger partial charge in [-0.1, -0.05) is 36.4 Å². The molecule has 3 aromatic rings. The molecule has 0 radical (unpaired) electrons. The van der Waals surface area contributed by atoms with Gasteiger partial charge in [-0.2, -0.15) is 0 Å². The first-order valence-corrected chi connectivity index (χ1v) is 9.91. The molecule has 1 amide bonds. The van der Waals surface area contributed by atoms with Crippen molar-refractivity contribution in [2.75, 3.05) is 0 Å². The third kappa shape index (κ3) is 3.04. The lowest BCUT2D eigenvalue weighted by atomic mass is 10.1. The van der Waals surface area contributed by atoms with Crippen molar-refractivity contribution in [3.8, 4) is 0 Å². The lowest BCUT2D eigenvalue weighted by Crippen LogP contribution is -2.34. The van der Waals surface area contributed by atoms with Crippen LogP contribution in [-0.4, -0.2) is 21.1 Å². The number of rotatable bonds is 4. The Balaban J connectivity index is 1.54. The number of aryl methyl sites for hydroxylation is 1. The predicted octanol–water partition coefficient (Wildman–Crippen LogP) is 2.75. The number of imidazole rings is 1. The van der Waals surface area contributed by atoms with Gasteiger partial charge in [-0.05, 0) is 37.1 Å². The molecule has 2 aliphatic rings. The van der Waals surface area contributed by atoms with Gasteiger partial charge in [-0.3, -0.25) is 9.20 Å². The molecule has 1 aliphatic carbocycles. The normalized spacial score (nSPS) is 17.6. The van der Waals surface area contributed by atoms with E-state index < -0.39 is 5.91 Å². The van der Waals surface area contributed by atoms with E-state index in [9.17, 15) is 4.79 Å². The molecule has 7 nitrogen and oxygen atoms in total. The van der Waals surface area contributed by atoms with Crippen molar-refractivity contribution >= 4 is 17.4 Å². The number of amides is 1. The molecule has 1 unspecified atom stereocenters. The van der Waals surface area contributed by atoms with E-state index in [1.807, 2.05) is 35.7 Å². The van der Waals surface area contributed by atoms with Gasteiger partial charge in [-0.25, -0.2) is 9.98 Å². The first-order chi connectivity index (χ1) is 14.6. The summed E-state index contributed by atoms with van der Waals surface area (Å²) in [6.07, 6.45) is 6.62. The number of aromatic nitrogens is 2. The number of amidine groups is 1. The number of hydrogen-bond donors (Lipinski definition) is 3. The second-order valence-corrected chi connectivity index (χ2v) is 7.42. The van der Waals surface area contributed by atoms with Crippen molar-refractivity contribution < 1.29 is 4.79 Å². The predicted molar refractivity (Wildman–Crippen MR) is 116 cm³/mol. The summed E-state index contributed by atoms with van der Waals surface area (Å²) in [5.74, 6) is 0.384. The smallest absolute Gasteiger partial charge is 0.252 e. The maximum Gasteiger partial charge on any atom is 0.252 e. The van der Waals surface area contributed by atoms with Crippen molar-refractivity contribution in [2.45, 2.75) is 26.1 Å². The highest BCUT2D eigenvalue weighted by Crippen LogP contribution is 2.30. The largest absolute Gasteiger partial charge is 0.366 e. The van der Waals surface area contributed by atoms with Gasteiger partial charge >= 0.3 is 0 Å². The van der Waals surface area contributed by atoms with Crippen LogP contribution in [0.15, 0.2) is 77.1 Å². The van der Waals surface area contributed by atoms with Gasteiger partial charge in [-0.15, -0.1) is 0 Å². The zero-order chi connectivity index (χ0) is 20.7.